The molecule has 0 aliphatic carbocycles. The fourth-order valence-corrected chi connectivity index (χ4v) is 1.96. The molecule has 0 aromatic carbocycles. The van der Waals surface area contributed by atoms with E-state index in [1.807, 2.05) is 12.4 Å². The molecule has 0 amide bonds. The van der Waals surface area contributed by atoms with Crippen molar-refractivity contribution in [1.29, 1.82) is 0 Å². The van der Waals surface area contributed by atoms with Gasteiger partial charge in [-0.15, -0.1) is 0 Å². The molecule has 0 spiro atoms. The van der Waals surface area contributed by atoms with Gasteiger partial charge >= 0.3 is 0 Å². The molecule has 1 aromatic heterocycles. The van der Waals surface area contributed by atoms with E-state index in [4.69, 9.17) is 9.47 Å². The van der Waals surface area contributed by atoms with Gasteiger partial charge < -0.3 is 19.7 Å². The predicted octanol–water partition coefficient (Wildman–Crippen LogP) is 0.439. The summed E-state index contributed by atoms with van der Waals surface area (Å²) in [6, 6.07) is 0. The Bertz CT molecular complexity index is 350. The number of anilines is 1. The maximum absolute atomic E-state index is 5.43. The highest BCUT2D eigenvalue weighted by Gasteiger charge is 2.12. The number of hydrogen-bond donors (Lipinski definition) is 1. The van der Waals surface area contributed by atoms with E-state index in [2.05, 4.69) is 20.2 Å². The van der Waals surface area contributed by atoms with Crippen molar-refractivity contribution in [2.45, 2.75) is 13.0 Å². The number of ether oxygens (including phenoxy) is 2. The zero-order chi connectivity index (χ0) is 13.3. The van der Waals surface area contributed by atoms with Gasteiger partial charge in [-0.25, -0.2) is 9.97 Å². The Hall–Kier alpha value is -1.24. The largest absolute Gasteiger partial charge is 0.383 e. The molecule has 0 saturated carbocycles. The van der Waals surface area contributed by atoms with Crippen LogP contribution >= 0.6 is 0 Å². The van der Waals surface area contributed by atoms with Crippen LogP contribution in [0.2, 0.25) is 0 Å². The minimum absolute atomic E-state index is 0.715. The van der Waals surface area contributed by atoms with Gasteiger partial charge in [-0.05, 0) is 6.42 Å². The van der Waals surface area contributed by atoms with Crippen molar-refractivity contribution in [1.82, 2.24) is 15.3 Å². The zero-order valence-electron chi connectivity index (χ0n) is 11.5. The van der Waals surface area contributed by atoms with Crippen molar-refractivity contribution in [3.8, 4) is 0 Å². The van der Waals surface area contributed by atoms with Gasteiger partial charge in [0.1, 0.15) is 0 Å². The van der Waals surface area contributed by atoms with Crippen LogP contribution in [-0.4, -0.2) is 56.5 Å². The van der Waals surface area contributed by atoms with Crippen molar-refractivity contribution in [3.05, 3.63) is 18.0 Å². The van der Waals surface area contributed by atoms with Crippen LogP contribution in [0.1, 0.15) is 12.0 Å². The van der Waals surface area contributed by atoms with Gasteiger partial charge in [0.2, 0.25) is 5.95 Å². The molecule has 2 heterocycles. The minimum atomic E-state index is 0.715. The second kappa shape index (κ2) is 8.04. The van der Waals surface area contributed by atoms with Crippen molar-refractivity contribution in [3.63, 3.8) is 0 Å². The molecular formula is C13H22N4O2. The maximum Gasteiger partial charge on any atom is 0.225 e. The number of aromatic nitrogens is 2. The number of nitrogens with zero attached hydrogens (tertiary/aromatic N) is 3. The van der Waals surface area contributed by atoms with Crippen molar-refractivity contribution in [2.75, 3.05) is 51.5 Å². The molecule has 1 aliphatic heterocycles. The van der Waals surface area contributed by atoms with Gasteiger partial charge in [-0.1, -0.05) is 0 Å². The van der Waals surface area contributed by atoms with Crippen LogP contribution in [0.25, 0.3) is 0 Å². The van der Waals surface area contributed by atoms with Crippen LogP contribution in [0.4, 0.5) is 5.95 Å². The Morgan fingerprint density at radius 1 is 1.32 bits per heavy atom. The van der Waals surface area contributed by atoms with E-state index >= 15 is 0 Å². The van der Waals surface area contributed by atoms with Gasteiger partial charge in [0.25, 0.3) is 0 Å². The molecule has 1 saturated heterocycles. The Morgan fingerprint density at radius 2 is 2.16 bits per heavy atom. The van der Waals surface area contributed by atoms with E-state index in [-0.39, 0.29) is 0 Å². The van der Waals surface area contributed by atoms with Gasteiger partial charge in [-0.3, -0.25) is 0 Å². The van der Waals surface area contributed by atoms with E-state index in [1.54, 1.807) is 7.11 Å². The number of nitrogens with one attached hydrogen (secondary N) is 1. The third-order valence-corrected chi connectivity index (χ3v) is 3.01. The molecule has 2 rings (SSSR count). The molecule has 106 valence electrons. The van der Waals surface area contributed by atoms with Crippen LogP contribution in [0, 0.1) is 0 Å². The average Bonchev–Trinajstić information content (AvgIpc) is 2.73. The summed E-state index contributed by atoms with van der Waals surface area (Å²) in [7, 11) is 1.70. The molecule has 1 N–H and O–H groups in total. The fraction of sp³-hybridized carbons (Fsp3) is 0.692. The molecule has 6 heteroatoms. The van der Waals surface area contributed by atoms with E-state index in [1.165, 1.54) is 0 Å². The van der Waals surface area contributed by atoms with Gasteiger partial charge in [0.05, 0.1) is 13.2 Å². The van der Waals surface area contributed by atoms with Crippen LogP contribution in [0.5, 0.6) is 0 Å². The lowest BCUT2D eigenvalue weighted by atomic mass is 10.3. The maximum atomic E-state index is 5.43. The molecule has 0 bridgehead atoms. The smallest absolute Gasteiger partial charge is 0.225 e. The summed E-state index contributed by atoms with van der Waals surface area (Å²) in [5.41, 5.74) is 1.09. The normalized spacial score (nSPS) is 16.4. The summed E-state index contributed by atoms with van der Waals surface area (Å²) in [6.07, 6.45) is 4.80. The fourth-order valence-electron chi connectivity index (χ4n) is 1.96. The van der Waals surface area contributed by atoms with Crippen LogP contribution in [0.3, 0.4) is 0 Å². The first-order chi connectivity index (χ1) is 9.40. The predicted molar refractivity (Wildman–Crippen MR) is 73.3 cm³/mol. The molecule has 1 aliphatic rings. The Morgan fingerprint density at radius 3 is 2.95 bits per heavy atom. The number of methoxy groups -OCH3 is 1. The summed E-state index contributed by atoms with van der Waals surface area (Å²) in [5, 5.41) is 3.27. The molecule has 1 fully saturated rings. The first-order valence-corrected chi connectivity index (χ1v) is 6.73. The van der Waals surface area contributed by atoms with Gasteiger partial charge in [-0.2, -0.15) is 0 Å². The molecular weight excluding hydrogens is 244 g/mol. The zero-order valence-corrected chi connectivity index (χ0v) is 11.5. The van der Waals surface area contributed by atoms with E-state index < -0.39 is 0 Å². The highest BCUT2D eigenvalue weighted by molar-refractivity contribution is 5.29. The van der Waals surface area contributed by atoms with Crippen LogP contribution in [-0.2, 0) is 16.0 Å². The number of hydrogen-bond acceptors (Lipinski definition) is 6. The topological polar surface area (TPSA) is 59.5 Å². The lowest BCUT2D eigenvalue weighted by Gasteiger charge is -2.19. The summed E-state index contributed by atoms with van der Waals surface area (Å²) < 4.78 is 10.4. The number of rotatable bonds is 6. The molecule has 0 radical (unpaired) electrons. The summed E-state index contributed by atoms with van der Waals surface area (Å²) in [6.45, 7) is 5.74. The molecule has 19 heavy (non-hydrogen) atoms. The summed E-state index contributed by atoms with van der Waals surface area (Å²) >= 11 is 0. The highest BCUT2D eigenvalue weighted by Crippen LogP contribution is 2.09. The molecule has 1 aromatic rings. The quantitative estimate of drug-likeness (QED) is 0.754. The standard InChI is InChI=1S/C13H22N4O2/c1-18-7-3-14-9-12-10-15-13(16-11-12)17-4-2-6-19-8-5-17/h10-11,14H,2-9H2,1H3. The van der Waals surface area contributed by atoms with Crippen molar-refractivity contribution in [2.24, 2.45) is 0 Å². The molecule has 0 atom stereocenters. The Labute approximate surface area is 114 Å². The third-order valence-electron chi connectivity index (χ3n) is 3.01. The van der Waals surface area contributed by atoms with Crippen LogP contribution < -0.4 is 10.2 Å². The first-order valence-electron chi connectivity index (χ1n) is 6.73. The van der Waals surface area contributed by atoms with Crippen LogP contribution in [0.15, 0.2) is 12.4 Å². The minimum Gasteiger partial charge on any atom is -0.383 e. The van der Waals surface area contributed by atoms with Crippen molar-refractivity contribution < 1.29 is 9.47 Å². The molecule has 0 unspecified atom stereocenters. The third kappa shape index (κ3) is 4.74. The first kappa shape index (κ1) is 14.2. The van der Waals surface area contributed by atoms with E-state index in [0.717, 1.165) is 57.3 Å². The summed E-state index contributed by atoms with van der Waals surface area (Å²) in [5.74, 6) is 0.797. The van der Waals surface area contributed by atoms with Crippen molar-refractivity contribution >= 4 is 5.95 Å². The Kier molecular flexibility index (Phi) is 6.00. The average molecular weight is 266 g/mol. The second-order valence-electron chi connectivity index (χ2n) is 4.51. The highest BCUT2D eigenvalue weighted by atomic mass is 16.5. The van der Waals surface area contributed by atoms with Gasteiger partial charge in [0.15, 0.2) is 0 Å². The monoisotopic (exact) mass is 266 g/mol. The van der Waals surface area contributed by atoms with E-state index in [0.29, 0.717) is 6.61 Å². The van der Waals surface area contributed by atoms with E-state index in [9.17, 15) is 0 Å². The summed E-state index contributed by atoms with van der Waals surface area (Å²) in [4.78, 5) is 11.0. The van der Waals surface area contributed by atoms with Gasteiger partial charge in [0, 0.05) is 57.9 Å². The SMILES string of the molecule is COCCNCc1cnc(N2CCCOCC2)nc1. The second-order valence-corrected chi connectivity index (χ2v) is 4.51. The lowest BCUT2D eigenvalue weighted by molar-refractivity contribution is 0.152. The lowest BCUT2D eigenvalue weighted by Crippen LogP contribution is -2.28. The molecule has 6 nitrogen and oxygen atoms in total. The Balaban J connectivity index is 1.83.